The molecule has 2 saturated heterocycles. The number of amides is 1. The molecule has 2 aromatic rings. The molecule has 5 heteroatoms. The molecule has 2 fully saturated rings. The number of benzene rings is 1. The molecule has 3 heterocycles. The third-order valence-corrected chi connectivity index (χ3v) is 6.23. The van der Waals surface area contributed by atoms with Gasteiger partial charge >= 0.3 is 0 Å². The van der Waals surface area contributed by atoms with Gasteiger partial charge in [-0.25, -0.2) is 0 Å². The molecule has 1 aromatic carbocycles. The molecule has 4 rings (SSSR count). The van der Waals surface area contributed by atoms with Crippen molar-refractivity contribution in [3.63, 3.8) is 0 Å². The quantitative estimate of drug-likeness (QED) is 0.902. The highest BCUT2D eigenvalue weighted by molar-refractivity contribution is 5.84. The Morgan fingerprint density at radius 3 is 2.52 bits per heavy atom. The molecule has 0 bridgehead atoms. The molecule has 0 radical (unpaired) electrons. The fourth-order valence-corrected chi connectivity index (χ4v) is 4.81. The molecule has 1 N–H and O–H groups in total. The number of nitrogens with one attached hydrogen (secondary N) is 1. The Kier molecular flexibility index (Phi) is 5.24. The molecule has 27 heavy (non-hydrogen) atoms. The molecule has 2 aliphatic rings. The Balaban J connectivity index is 1.38. The average Bonchev–Trinajstić information content (AvgIpc) is 3.10. The van der Waals surface area contributed by atoms with Crippen LogP contribution in [0, 0.1) is 0 Å². The SMILES string of the molecule is C[C@@H]1CN(C(=O)[C@H](C)N2CCC(c3c[nH]c4ccccc34)CC2)C[C@H](C)O1. The largest absolute Gasteiger partial charge is 0.372 e. The van der Waals surface area contributed by atoms with Crippen molar-refractivity contribution in [1.82, 2.24) is 14.8 Å². The van der Waals surface area contributed by atoms with Gasteiger partial charge in [0, 0.05) is 30.2 Å². The van der Waals surface area contributed by atoms with E-state index in [2.05, 4.69) is 47.3 Å². The third kappa shape index (κ3) is 3.76. The Morgan fingerprint density at radius 1 is 1.15 bits per heavy atom. The van der Waals surface area contributed by atoms with Crippen LogP contribution in [0.4, 0.5) is 0 Å². The lowest BCUT2D eigenvalue weighted by atomic mass is 9.88. The van der Waals surface area contributed by atoms with Crippen LogP contribution in [-0.4, -0.2) is 65.1 Å². The average molecular weight is 370 g/mol. The third-order valence-electron chi connectivity index (χ3n) is 6.23. The number of nitrogens with zero attached hydrogens (tertiary/aromatic N) is 2. The molecule has 0 spiro atoms. The number of hydrogen-bond donors (Lipinski definition) is 1. The molecule has 0 saturated carbocycles. The zero-order chi connectivity index (χ0) is 19.0. The van der Waals surface area contributed by atoms with Crippen LogP contribution in [0.2, 0.25) is 0 Å². The van der Waals surface area contributed by atoms with Crippen LogP contribution >= 0.6 is 0 Å². The minimum Gasteiger partial charge on any atom is -0.372 e. The Hall–Kier alpha value is -1.85. The fraction of sp³-hybridized carbons (Fsp3) is 0.591. The van der Waals surface area contributed by atoms with Crippen molar-refractivity contribution in [2.75, 3.05) is 26.2 Å². The highest BCUT2D eigenvalue weighted by Crippen LogP contribution is 2.33. The number of hydrogen-bond acceptors (Lipinski definition) is 3. The smallest absolute Gasteiger partial charge is 0.239 e. The summed E-state index contributed by atoms with van der Waals surface area (Å²) in [5.41, 5.74) is 2.65. The van der Waals surface area contributed by atoms with Crippen molar-refractivity contribution in [3.8, 4) is 0 Å². The van der Waals surface area contributed by atoms with Gasteiger partial charge in [0.15, 0.2) is 0 Å². The number of aromatic nitrogens is 1. The van der Waals surface area contributed by atoms with E-state index in [-0.39, 0.29) is 24.2 Å². The summed E-state index contributed by atoms with van der Waals surface area (Å²) in [4.78, 5) is 20.8. The maximum Gasteiger partial charge on any atom is 0.239 e. The molecular formula is C22H31N3O2. The molecule has 146 valence electrons. The second-order valence-electron chi connectivity index (χ2n) is 8.28. The lowest BCUT2D eigenvalue weighted by molar-refractivity contribution is -0.148. The maximum absolute atomic E-state index is 13.0. The van der Waals surface area contributed by atoms with E-state index in [1.807, 2.05) is 18.7 Å². The summed E-state index contributed by atoms with van der Waals surface area (Å²) in [6, 6.07) is 8.48. The number of morpholine rings is 1. The minimum absolute atomic E-state index is 0.0496. The number of para-hydroxylation sites is 1. The van der Waals surface area contributed by atoms with E-state index in [4.69, 9.17) is 4.74 Å². The van der Waals surface area contributed by atoms with Crippen LogP contribution in [0.5, 0.6) is 0 Å². The number of carbonyl (C=O) groups is 1. The highest BCUT2D eigenvalue weighted by Gasteiger charge is 2.33. The van der Waals surface area contributed by atoms with E-state index in [1.165, 1.54) is 16.5 Å². The Morgan fingerprint density at radius 2 is 1.81 bits per heavy atom. The second-order valence-corrected chi connectivity index (χ2v) is 8.28. The fourth-order valence-electron chi connectivity index (χ4n) is 4.81. The zero-order valence-electron chi connectivity index (χ0n) is 16.6. The van der Waals surface area contributed by atoms with Crippen molar-refractivity contribution < 1.29 is 9.53 Å². The molecule has 2 aliphatic heterocycles. The first-order valence-electron chi connectivity index (χ1n) is 10.3. The van der Waals surface area contributed by atoms with Gasteiger partial charge < -0.3 is 14.6 Å². The molecule has 1 amide bonds. The van der Waals surface area contributed by atoms with Gasteiger partial charge in [-0.1, -0.05) is 18.2 Å². The predicted octanol–water partition coefficient (Wildman–Crippen LogP) is 3.37. The van der Waals surface area contributed by atoms with Crippen molar-refractivity contribution in [3.05, 3.63) is 36.0 Å². The summed E-state index contributed by atoms with van der Waals surface area (Å²) in [7, 11) is 0. The summed E-state index contributed by atoms with van der Waals surface area (Å²) >= 11 is 0. The van der Waals surface area contributed by atoms with Gasteiger partial charge in [-0.2, -0.15) is 0 Å². The standard InChI is InChI=1S/C22H31N3O2/c1-15-13-25(14-16(2)27-15)22(26)17(3)24-10-8-18(9-11-24)20-12-23-21-7-5-4-6-19(20)21/h4-7,12,15-18,23H,8-11,13-14H2,1-3H3/t15-,16+,17-/m0/s1. The number of fused-ring (bicyclic) bond motifs is 1. The number of H-pyrrole nitrogens is 1. The molecule has 3 atom stereocenters. The van der Waals surface area contributed by atoms with Gasteiger partial charge in [0.05, 0.1) is 18.2 Å². The van der Waals surface area contributed by atoms with E-state index in [0.29, 0.717) is 19.0 Å². The maximum atomic E-state index is 13.0. The van der Waals surface area contributed by atoms with Crippen molar-refractivity contribution >= 4 is 16.8 Å². The Labute approximate surface area is 161 Å². The van der Waals surface area contributed by atoms with E-state index in [9.17, 15) is 4.79 Å². The molecule has 5 nitrogen and oxygen atoms in total. The topological polar surface area (TPSA) is 48.6 Å². The second kappa shape index (κ2) is 7.64. The van der Waals surface area contributed by atoms with Crippen LogP contribution in [0.1, 0.15) is 45.1 Å². The lowest BCUT2D eigenvalue weighted by Crippen LogP contribution is -2.55. The van der Waals surface area contributed by atoms with E-state index < -0.39 is 0 Å². The summed E-state index contributed by atoms with van der Waals surface area (Å²) in [5, 5.41) is 1.34. The number of ether oxygens (including phenoxy) is 1. The Bertz CT molecular complexity index is 784. The van der Waals surface area contributed by atoms with Crippen LogP contribution in [-0.2, 0) is 9.53 Å². The van der Waals surface area contributed by atoms with Gasteiger partial charge in [-0.3, -0.25) is 9.69 Å². The number of carbonyl (C=O) groups excluding carboxylic acids is 1. The lowest BCUT2D eigenvalue weighted by Gasteiger charge is -2.40. The van der Waals surface area contributed by atoms with E-state index in [1.54, 1.807) is 0 Å². The molecule has 1 aromatic heterocycles. The highest BCUT2D eigenvalue weighted by atomic mass is 16.5. The van der Waals surface area contributed by atoms with Crippen molar-refractivity contribution in [2.24, 2.45) is 0 Å². The van der Waals surface area contributed by atoms with Gasteiger partial charge in [0.2, 0.25) is 5.91 Å². The van der Waals surface area contributed by atoms with Crippen LogP contribution in [0.25, 0.3) is 10.9 Å². The minimum atomic E-state index is -0.0496. The van der Waals surface area contributed by atoms with Gasteiger partial charge in [-0.05, 0) is 64.3 Å². The van der Waals surface area contributed by atoms with Gasteiger partial charge in [0.1, 0.15) is 0 Å². The van der Waals surface area contributed by atoms with Crippen molar-refractivity contribution in [2.45, 2.75) is 57.8 Å². The van der Waals surface area contributed by atoms with E-state index in [0.717, 1.165) is 25.9 Å². The first-order valence-corrected chi connectivity index (χ1v) is 10.3. The van der Waals surface area contributed by atoms with Crippen molar-refractivity contribution in [1.29, 1.82) is 0 Å². The molecule has 0 unspecified atom stereocenters. The first kappa shape index (κ1) is 18.5. The predicted molar refractivity (Wildman–Crippen MR) is 108 cm³/mol. The monoisotopic (exact) mass is 369 g/mol. The zero-order valence-corrected chi connectivity index (χ0v) is 16.6. The summed E-state index contributed by atoms with van der Waals surface area (Å²) < 4.78 is 5.77. The van der Waals surface area contributed by atoms with Crippen LogP contribution < -0.4 is 0 Å². The number of aromatic amines is 1. The summed E-state index contributed by atoms with van der Waals surface area (Å²) in [6.07, 6.45) is 4.64. The summed E-state index contributed by atoms with van der Waals surface area (Å²) in [6.45, 7) is 9.54. The molecule has 0 aliphatic carbocycles. The number of piperidine rings is 1. The summed E-state index contributed by atoms with van der Waals surface area (Å²) in [5.74, 6) is 0.825. The number of rotatable bonds is 3. The first-order chi connectivity index (χ1) is 13.0. The molecular weight excluding hydrogens is 338 g/mol. The van der Waals surface area contributed by atoms with Crippen LogP contribution in [0.3, 0.4) is 0 Å². The van der Waals surface area contributed by atoms with Gasteiger partial charge in [-0.15, -0.1) is 0 Å². The number of likely N-dealkylation sites (tertiary alicyclic amines) is 1. The normalized spacial score (nSPS) is 26.4. The van der Waals surface area contributed by atoms with E-state index >= 15 is 0 Å². The van der Waals surface area contributed by atoms with Gasteiger partial charge in [0.25, 0.3) is 0 Å². The van der Waals surface area contributed by atoms with Crippen LogP contribution in [0.15, 0.2) is 30.5 Å².